The zero-order valence-electron chi connectivity index (χ0n) is 35.4. The van der Waals surface area contributed by atoms with Gasteiger partial charge in [0.15, 0.2) is 17.5 Å². The average molecular weight is 1030 g/mol. The van der Waals surface area contributed by atoms with Crippen molar-refractivity contribution in [1.82, 2.24) is 0 Å². The molecule has 1 N–H and O–H groups in total. The molecule has 2 bridgehead atoms. The third kappa shape index (κ3) is 10.4. The lowest BCUT2D eigenvalue weighted by Gasteiger charge is -2.67. The Morgan fingerprint density at radius 1 is 0.831 bits per heavy atom. The molecule has 2 saturated carbocycles. The first-order valence-corrected chi connectivity index (χ1v) is 22.3. The van der Waals surface area contributed by atoms with Crippen molar-refractivity contribution in [3.05, 3.63) is 89.0 Å². The molecular formula is C44H44Cl6O15. The van der Waals surface area contributed by atoms with Crippen LogP contribution in [0.15, 0.2) is 77.9 Å². The van der Waals surface area contributed by atoms with E-state index < -0.39 is 128 Å². The number of esters is 3. The maximum Gasteiger partial charge on any atom is 0.509 e. The molecule has 15 nitrogen and oxygen atoms in total. The van der Waals surface area contributed by atoms with Gasteiger partial charge in [-0.25, -0.2) is 19.2 Å². The summed E-state index contributed by atoms with van der Waals surface area (Å²) in [5.41, 5.74) is -7.82. The number of halogens is 6. The highest BCUT2D eigenvalue weighted by Gasteiger charge is 2.79. The number of hydrogen-bond acceptors (Lipinski definition) is 15. The smallest absolute Gasteiger partial charge is 0.455 e. The van der Waals surface area contributed by atoms with Crippen molar-refractivity contribution >= 4 is 112 Å². The van der Waals surface area contributed by atoms with Crippen LogP contribution in [0.5, 0.6) is 0 Å². The first kappa shape index (κ1) is 50.6. The number of rotatable bonds is 10. The van der Waals surface area contributed by atoms with Crippen molar-refractivity contribution < 1.29 is 71.8 Å². The SMILES string of the molecule is CC(=O)O[C@@]12CO[C@@H]1C[C@H](OC(=O)OCC(Cl)(Cl)Cl)[C@@]1(C)C(=O)[C@H](OC(=O)OCC(Cl)(Cl)Cl)C3=C(C)[C@@H](OC(=O)/C=C/c4ccccc4)C[C@@](O)([C@@H](OC(=O)c4ccccc4)[C@H]21)C3(C)C. The van der Waals surface area contributed by atoms with Crippen LogP contribution in [-0.2, 0) is 52.3 Å². The molecule has 2 aromatic carbocycles. The van der Waals surface area contributed by atoms with E-state index in [0.29, 0.717) is 5.56 Å². The molecular weight excluding hydrogens is 981 g/mol. The normalized spacial score (nSPS) is 30.6. The van der Waals surface area contributed by atoms with Crippen LogP contribution >= 0.6 is 69.6 Å². The molecule has 6 rings (SSSR count). The van der Waals surface area contributed by atoms with E-state index in [-0.39, 0.29) is 23.1 Å². The van der Waals surface area contributed by atoms with E-state index in [9.17, 15) is 29.1 Å². The number of alkyl halides is 6. The lowest BCUT2D eigenvalue weighted by molar-refractivity contribution is -0.346. The Morgan fingerprint density at radius 2 is 1.40 bits per heavy atom. The summed E-state index contributed by atoms with van der Waals surface area (Å²) in [6, 6.07) is 16.5. The maximum atomic E-state index is 16.1. The van der Waals surface area contributed by atoms with Gasteiger partial charge in [0.2, 0.25) is 7.59 Å². The first-order chi connectivity index (χ1) is 30.2. The van der Waals surface area contributed by atoms with Crippen molar-refractivity contribution in [2.45, 2.75) is 96.8 Å². The van der Waals surface area contributed by atoms with E-state index in [4.69, 9.17) is 108 Å². The summed E-state index contributed by atoms with van der Waals surface area (Å²) in [5.74, 6) is -5.53. The Hall–Kier alpha value is -3.80. The molecule has 9 atom stereocenters. The molecule has 3 aliphatic carbocycles. The molecule has 21 heteroatoms. The molecule has 2 aromatic rings. The zero-order valence-corrected chi connectivity index (χ0v) is 39.9. The summed E-state index contributed by atoms with van der Waals surface area (Å²) in [6.45, 7) is 4.83. The number of benzene rings is 2. The largest absolute Gasteiger partial charge is 0.509 e. The molecule has 1 saturated heterocycles. The van der Waals surface area contributed by atoms with Crippen LogP contribution in [0, 0.1) is 16.7 Å². The average Bonchev–Trinajstić information content (AvgIpc) is 3.22. The summed E-state index contributed by atoms with van der Waals surface area (Å²) in [4.78, 5) is 84.5. The van der Waals surface area contributed by atoms with Gasteiger partial charge in [-0.15, -0.1) is 0 Å². The second-order valence-electron chi connectivity index (χ2n) is 16.8. The summed E-state index contributed by atoms with van der Waals surface area (Å²) < 4.78 is 42.3. The number of carbonyl (C=O) groups excluding carboxylic acids is 6. The number of Topliss-reactive ketones (excluding diaryl/α,β-unsaturated/α-hetero) is 1. The third-order valence-corrected chi connectivity index (χ3v) is 13.2. The van der Waals surface area contributed by atoms with Crippen LogP contribution in [0.25, 0.3) is 6.08 Å². The van der Waals surface area contributed by atoms with Crippen LogP contribution in [0.4, 0.5) is 9.59 Å². The second-order valence-corrected chi connectivity index (χ2v) is 21.9. The van der Waals surface area contributed by atoms with Crippen molar-refractivity contribution in [3.8, 4) is 0 Å². The van der Waals surface area contributed by atoms with Gasteiger partial charge in [-0.05, 0) is 48.8 Å². The molecule has 0 aromatic heterocycles. The Balaban J connectivity index is 1.62. The summed E-state index contributed by atoms with van der Waals surface area (Å²) in [5, 5.41) is 13.8. The quantitative estimate of drug-likeness (QED) is 0.0782. The minimum absolute atomic E-state index is 0.0144. The van der Waals surface area contributed by atoms with Crippen LogP contribution in [0.2, 0.25) is 0 Å². The minimum atomic E-state index is -2.47. The monoisotopic (exact) mass is 1020 g/mol. The Kier molecular flexibility index (Phi) is 14.8. The molecule has 1 aliphatic heterocycles. The second kappa shape index (κ2) is 19.1. The van der Waals surface area contributed by atoms with Crippen molar-refractivity contribution in [2.24, 2.45) is 16.7 Å². The number of fused-ring (bicyclic) bond motifs is 5. The number of aliphatic hydroxyl groups is 1. The maximum absolute atomic E-state index is 16.1. The Labute approximate surface area is 403 Å². The highest BCUT2D eigenvalue weighted by atomic mass is 35.6. The van der Waals surface area contributed by atoms with Crippen LogP contribution < -0.4 is 0 Å². The third-order valence-electron chi connectivity index (χ3n) is 12.5. The van der Waals surface area contributed by atoms with Gasteiger partial charge in [-0.1, -0.05) is 132 Å². The van der Waals surface area contributed by atoms with Gasteiger partial charge >= 0.3 is 30.2 Å². The van der Waals surface area contributed by atoms with E-state index >= 15 is 4.79 Å². The fourth-order valence-electron chi connectivity index (χ4n) is 9.47. The highest BCUT2D eigenvalue weighted by molar-refractivity contribution is 6.68. The zero-order chi connectivity index (χ0) is 47.9. The number of carbonyl (C=O) groups is 6. The van der Waals surface area contributed by atoms with Crippen LogP contribution in [-0.4, -0.2) is 110 Å². The van der Waals surface area contributed by atoms with Gasteiger partial charge in [-0.3, -0.25) is 9.59 Å². The minimum Gasteiger partial charge on any atom is -0.455 e. The Morgan fingerprint density at radius 3 is 1.94 bits per heavy atom. The first-order valence-electron chi connectivity index (χ1n) is 20.0. The molecule has 0 amide bonds. The van der Waals surface area contributed by atoms with Gasteiger partial charge < -0.3 is 43.0 Å². The molecule has 0 unspecified atom stereocenters. The summed E-state index contributed by atoms with van der Waals surface area (Å²) >= 11 is 35.2. The van der Waals surface area contributed by atoms with Crippen molar-refractivity contribution in [3.63, 3.8) is 0 Å². The summed E-state index contributed by atoms with van der Waals surface area (Å²) in [6.07, 6.45) is -9.55. The van der Waals surface area contributed by atoms with Gasteiger partial charge in [0.25, 0.3) is 0 Å². The van der Waals surface area contributed by atoms with E-state index in [1.54, 1.807) is 48.5 Å². The molecule has 4 aliphatic rings. The van der Waals surface area contributed by atoms with Gasteiger partial charge in [-0.2, -0.15) is 0 Å². The lowest BCUT2D eigenvalue weighted by atomic mass is 9.44. The molecule has 65 heavy (non-hydrogen) atoms. The molecule has 352 valence electrons. The fourth-order valence-corrected chi connectivity index (χ4v) is 9.80. The van der Waals surface area contributed by atoms with E-state index in [2.05, 4.69) is 0 Å². The van der Waals surface area contributed by atoms with Crippen LogP contribution in [0.3, 0.4) is 0 Å². The van der Waals surface area contributed by atoms with Gasteiger partial charge in [0, 0.05) is 31.3 Å². The lowest BCUT2D eigenvalue weighted by Crippen LogP contribution is -2.82. The van der Waals surface area contributed by atoms with Crippen molar-refractivity contribution in [2.75, 3.05) is 19.8 Å². The topological polar surface area (TPSA) is 196 Å². The molecule has 0 radical (unpaired) electrons. The Bertz CT molecular complexity index is 2240. The van der Waals surface area contributed by atoms with E-state index in [1.807, 2.05) is 0 Å². The van der Waals surface area contributed by atoms with Crippen molar-refractivity contribution in [1.29, 1.82) is 0 Å². The van der Waals surface area contributed by atoms with E-state index in [1.165, 1.54) is 45.9 Å². The predicted molar refractivity (Wildman–Crippen MR) is 236 cm³/mol. The highest BCUT2D eigenvalue weighted by Crippen LogP contribution is 2.65. The number of ether oxygens (including phenoxy) is 8. The fraction of sp³-hybridized carbons (Fsp3) is 0.500. The molecule has 3 fully saturated rings. The molecule has 1 heterocycles. The standard InChI is InChI=1S/C44H44Cl6O15/c1-23-27(61-30(52)17-16-25-12-8-6-9-13-25)19-42(57)35(64-36(54)26-14-10-7-11-15-26)33-40(5,34(53)32(31(23)39(42,3)4)63-38(56)60-22-44(48,49)50)28(62-37(55)59-21-43(45,46)47)18-29-41(33,20-58-29)65-24(2)51/h6-17,27-29,32-33,35,57H,18-22H2,1-5H3/b17-16+/t27-,28-,29+,32+,33-,35-,40+,41-,42+/m0/s1. The van der Waals surface area contributed by atoms with E-state index in [0.717, 1.165) is 13.0 Å². The number of ketones is 1. The summed E-state index contributed by atoms with van der Waals surface area (Å²) in [7, 11) is 0. The van der Waals surface area contributed by atoms with Gasteiger partial charge in [0.05, 0.1) is 23.5 Å². The van der Waals surface area contributed by atoms with Gasteiger partial charge in [0.1, 0.15) is 43.2 Å². The van der Waals surface area contributed by atoms with Crippen LogP contribution in [0.1, 0.15) is 63.4 Å². The molecule has 0 spiro atoms. The predicted octanol–water partition coefficient (Wildman–Crippen LogP) is 8.41. The number of hydrogen-bond donors (Lipinski definition) is 1.